The summed E-state index contributed by atoms with van der Waals surface area (Å²) in [5.74, 6) is 0. The second-order valence-corrected chi connectivity index (χ2v) is 20.4. The Balaban J connectivity index is 1.51. The summed E-state index contributed by atoms with van der Waals surface area (Å²) in [5.41, 5.74) is 12.2. The number of nitrogens with zero attached hydrogens (tertiary/aromatic N) is 2. The standard InChI is InChI=1S/C56H60N2/c1-53(2,3)37-23-27-41(28-24-37)57(39-19-15-13-16-20-39)49-35-47(55(7,8)9)43-31-32-44-48(56(10,11)12)36-50(46-34-33-45(49)51(43)52(44)46)58(40-21-17-14-18-22-40)42-29-25-38(26-30-42)54(4,5)6/h13-36H,1-12H3. The summed E-state index contributed by atoms with van der Waals surface area (Å²) in [7, 11) is 0. The Morgan fingerprint density at radius 3 is 0.879 bits per heavy atom. The number of anilines is 6. The van der Waals surface area contributed by atoms with Crippen LogP contribution in [-0.4, -0.2) is 0 Å². The second-order valence-electron chi connectivity index (χ2n) is 20.4. The molecule has 0 unspecified atom stereocenters. The van der Waals surface area contributed by atoms with Crippen LogP contribution in [0.3, 0.4) is 0 Å². The summed E-state index contributed by atoms with van der Waals surface area (Å²) < 4.78 is 0. The van der Waals surface area contributed by atoms with Gasteiger partial charge in [0.2, 0.25) is 0 Å². The molecular weight excluding hydrogens is 701 g/mol. The highest BCUT2D eigenvalue weighted by molar-refractivity contribution is 6.29. The Morgan fingerprint density at radius 2 is 0.586 bits per heavy atom. The first-order chi connectivity index (χ1) is 27.3. The third-order valence-corrected chi connectivity index (χ3v) is 12.0. The summed E-state index contributed by atoms with van der Waals surface area (Å²) in [6.45, 7) is 27.9. The SMILES string of the molecule is CC(C)(C)c1ccc(N(c2ccccc2)c2cc(C(C)(C)C)c3ccc4c(C(C)(C)C)cc(N(c5ccccc5)c5ccc(C(C)(C)C)cc5)c5ccc2c3c54)cc1. The minimum absolute atomic E-state index is 0.0627. The van der Waals surface area contributed by atoms with Crippen molar-refractivity contribution in [3.05, 3.63) is 168 Å². The smallest absolute Gasteiger partial charge is 0.0543 e. The minimum atomic E-state index is -0.115. The molecule has 0 bridgehead atoms. The van der Waals surface area contributed by atoms with E-state index in [1.165, 1.54) is 65.9 Å². The van der Waals surface area contributed by atoms with Gasteiger partial charge in [0.25, 0.3) is 0 Å². The lowest BCUT2D eigenvalue weighted by atomic mass is 9.77. The maximum atomic E-state index is 2.48. The molecular formula is C56H60N2. The van der Waals surface area contributed by atoms with E-state index in [1.54, 1.807) is 0 Å². The van der Waals surface area contributed by atoms with E-state index in [0.717, 1.165) is 22.7 Å². The molecule has 8 aromatic carbocycles. The molecule has 2 nitrogen and oxygen atoms in total. The van der Waals surface area contributed by atoms with E-state index in [-0.39, 0.29) is 21.7 Å². The molecule has 0 aliphatic carbocycles. The maximum Gasteiger partial charge on any atom is 0.0543 e. The van der Waals surface area contributed by atoms with Crippen molar-refractivity contribution < 1.29 is 0 Å². The molecule has 0 aliphatic heterocycles. The van der Waals surface area contributed by atoms with Gasteiger partial charge in [-0.3, -0.25) is 0 Å². The summed E-state index contributed by atoms with van der Waals surface area (Å²) in [6, 6.07) is 54.8. The average Bonchev–Trinajstić information content (AvgIpc) is 3.17. The number of hydrogen-bond acceptors (Lipinski definition) is 2. The summed E-state index contributed by atoms with van der Waals surface area (Å²) in [6.07, 6.45) is 0. The predicted octanol–water partition coefficient (Wildman–Crippen LogP) is 16.7. The fourth-order valence-electron chi connectivity index (χ4n) is 8.80. The van der Waals surface area contributed by atoms with E-state index in [1.807, 2.05) is 0 Å². The van der Waals surface area contributed by atoms with Crippen molar-refractivity contribution in [3.8, 4) is 0 Å². The Hall–Kier alpha value is -5.60. The zero-order valence-corrected chi connectivity index (χ0v) is 36.8. The van der Waals surface area contributed by atoms with Crippen molar-refractivity contribution >= 4 is 66.4 Å². The van der Waals surface area contributed by atoms with Gasteiger partial charge in [0.05, 0.1) is 11.4 Å². The van der Waals surface area contributed by atoms with Crippen LogP contribution in [0.25, 0.3) is 32.3 Å². The molecule has 58 heavy (non-hydrogen) atoms. The molecule has 294 valence electrons. The highest BCUT2D eigenvalue weighted by Crippen LogP contribution is 2.52. The van der Waals surface area contributed by atoms with Gasteiger partial charge in [-0.2, -0.15) is 0 Å². The lowest BCUT2D eigenvalue weighted by molar-refractivity contribution is 0.590. The minimum Gasteiger partial charge on any atom is -0.310 e. The predicted molar refractivity (Wildman–Crippen MR) is 254 cm³/mol. The van der Waals surface area contributed by atoms with Crippen molar-refractivity contribution in [1.29, 1.82) is 0 Å². The summed E-state index contributed by atoms with van der Waals surface area (Å²) in [4.78, 5) is 4.96. The van der Waals surface area contributed by atoms with Gasteiger partial charge < -0.3 is 9.80 Å². The topological polar surface area (TPSA) is 6.48 Å². The van der Waals surface area contributed by atoms with E-state index >= 15 is 0 Å². The van der Waals surface area contributed by atoms with Gasteiger partial charge in [0.1, 0.15) is 0 Å². The van der Waals surface area contributed by atoms with E-state index < -0.39 is 0 Å². The third-order valence-electron chi connectivity index (χ3n) is 12.0. The molecule has 0 radical (unpaired) electrons. The van der Waals surface area contributed by atoms with Crippen LogP contribution >= 0.6 is 0 Å². The van der Waals surface area contributed by atoms with Gasteiger partial charge >= 0.3 is 0 Å². The van der Waals surface area contributed by atoms with Gasteiger partial charge in [-0.1, -0.05) is 168 Å². The molecule has 0 atom stereocenters. The van der Waals surface area contributed by atoms with Crippen LogP contribution < -0.4 is 9.80 Å². The molecule has 2 heteroatoms. The normalized spacial score (nSPS) is 12.8. The fraction of sp³-hybridized carbons (Fsp3) is 0.286. The highest BCUT2D eigenvalue weighted by Gasteiger charge is 2.30. The second kappa shape index (κ2) is 14.0. The highest BCUT2D eigenvalue weighted by atomic mass is 15.1. The van der Waals surface area contributed by atoms with Crippen LogP contribution in [0.2, 0.25) is 0 Å². The Kier molecular flexibility index (Phi) is 9.50. The molecule has 0 aromatic heterocycles. The first-order valence-corrected chi connectivity index (χ1v) is 21.0. The maximum absolute atomic E-state index is 2.48. The molecule has 0 N–H and O–H groups in total. The zero-order chi connectivity index (χ0) is 41.4. The van der Waals surface area contributed by atoms with Crippen molar-refractivity contribution in [3.63, 3.8) is 0 Å². The quantitative estimate of drug-likeness (QED) is 0.156. The lowest BCUT2D eigenvalue weighted by Gasteiger charge is -2.34. The van der Waals surface area contributed by atoms with Gasteiger partial charge in [-0.25, -0.2) is 0 Å². The summed E-state index contributed by atoms with van der Waals surface area (Å²) >= 11 is 0. The third kappa shape index (κ3) is 7.02. The zero-order valence-electron chi connectivity index (χ0n) is 36.8. The molecule has 0 spiro atoms. The van der Waals surface area contributed by atoms with E-state index in [0.29, 0.717) is 0 Å². The Labute approximate surface area is 347 Å². The largest absolute Gasteiger partial charge is 0.310 e. The monoisotopic (exact) mass is 760 g/mol. The number of rotatable bonds is 6. The van der Waals surface area contributed by atoms with E-state index in [2.05, 4.69) is 238 Å². The molecule has 0 fully saturated rings. The van der Waals surface area contributed by atoms with Gasteiger partial charge in [-0.05, 0) is 126 Å². The molecule has 0 saturated carbocycles. The first-order valence-electron chi connectivity index (χ1n) is 21.0. The lowest BCUT2D eigenvalue weighted by Crippen LogP contribution is -2.18. The van der Waals surface area contributed by atoms with Crippen molar-refractivity contribution in [1.82, 2.24) is 0 Å². The molecule has 0 saturated heterocycles. The molecule has 8 aromatic rings. The Morgan fingerprint density at radius 1 is 0.293 bits per heavy atom. The number of para-hydroxylation sites is 2. The molecule has 0 amide bonds. The van der Waals surface area contributed by atoms with Gasteiger partial charge in [-0.15, -0.1) is 0 Å². The first kappa shape index (κ1) is 39.2. The van der Waals surface area contributed by atoms with Crippen molar-refractivity contribution in [2.45, 2.75) is 105 Å². The van der Waals surface area contributed by atoms with E-state index in [4.69, 9.17) is 0 Å². The van der Waals surface area contributed by atoms with Gasteiger partial charge in [0.15, 0.2) is 0 Å². The Bertz CT molecular complexity index is 2520. The van der Waals surface area contributed by atoms with Crippen molar-refractivity contribution in [2.24, 2.45) is 0 Å². The van der Waals surface area contributed by atoms with Crippen LogP contribution in [0.5, 0.6) is 0 Å². The molecule has 0 aliphatic rings. The van der Waals surface area contributed by atoms with Crippen LogP contribution in [0.4, 0.5) is 34.1 Å². The van der Waals surface area contributed by atoms with Crippen LogP contribution in [-0.2, 0) is 21.7 Å². The van der Waals surface area contributed by atoms with Gasteiger partial charge in [0, 0.05) is 33.5 Å². The number of hydrogen-bond donors (Lipinski definition) is 0. The van der Waals surface area contributed by atoms with Crippen LogP contribution in [0, 0.1) is 0 Å². The van der Waals surface area contributed by atoms with Crippen LogP contribution in [0.15, 0.2) is 146 Å². The fourth-order valence-corrected chi connectivity index (χ4v) is 8.80. The van der Waals surface area contributed by atoms with E-state index in [9.17, 15) is 0 Å². The molecule has 0 heterocycles. The summed E-state index contributed by atoms with van der Waals surface area (Å²) in [5, 5.41) is 7.79. The van der Waals surface area contributed by atoms with Crippen LogP contribution in [0.1, 0.15) is 105 Å². The molecule has 8 rings (SSSR count). The van der Waals surface area contributed by atoms with Crippen molar-refractivity contribution in [2.75, 3.05) is 9.80 Å². The number of benzene rings is 8. The average molecular weight is 761 g/mol.